The summed E-state index contributed by atoms with van der Waals surface area (Å²) in [5.41, 5.74) is -0.353. The number of aliphatic hydroxyl groups excluding tert-OH is 1. The highest BCUT2D eigenvalue weighted by Crippen LogP contribution is 2.38. The Morgan fingerprint density at radius 3 is 3.00 bits per heavy atom. The molecule has 1 aliphatic rings. The first-order valence-corrected chi connectivity index (χ1v) is 7.96. The van der Waals surface area contributed by atoms with Crippen molar-refractivity contribution in [2.45, 2.75) is 18.6 Å². The molecule has 0 aromatic carbocycles. The van der Waals surface area contributed by atoms with Crippen molar-refractivity contribution in [3.63, 3.8) is 0 Å². The van der Waals surface area contributed by atoms with Crippen LogP contribution in [-0.2, 0) is 15.1 Å². The lowest BCUT2D eigenvalue weighted by atomic mass is 9.95. The number of thioether (sulfide) groups is 1. The van der Waals surface area contributed by atoms with Gasteiger partial charge < -0.3 is 14.6 Å². The van der Waals surface area contributed by atoms with Gasteiger partial charge >= 0.3 is 5.97 Å². The molecule has 0 aliphatic carbocycles. The van der Waals surface area contributed by atoms with Crippen molar-refractivity contribution in [2.75, 3.05) is 25.2 Å². The lowest BCUT2D eigenvalue weighted by Gasteiger charge is -2.30. The van der Waals surface area contributed by atoms with E-state index in [1.54, 1.807) is 11.5 Å². The summed E-state index contributed by atoms with van der Waals surface area (Å²) in [5, 5.41) is 10.4. The third kappa shape index (κ3) is 2.03. The van der Waals surface area contributed by atoms with Crippen molar-refractivity contribution < 1.29 is 19.4 Å². The average molecular weight is 324 g/mol. The topological polar surface area (TPSA) is 99.4 Å². The molecule has 0 bridgehead atoms. The van der Waals surface area contributed by atoms with Gasteiger partial charge in [-0.1, -0.05) is 0 Å². The molecule has 2 aromatic rings. The van der Waals surface area contributed by atoms with Crippen LogP contribution in [0.1, 0.15) is 6.92 Å². The summed E-state index contributed by atoms with van der Waals surface area (Å²) in [4.78, 5) is 25.0. The van der Waals surface area contributed by atoms with Gasteiger partial charge in [0.2, 0.25) is 5.88 Å². The van der Waals surface area contributed by atoms with Crippen LogP contribution in [0.25, 0.3) is 11.2 Å². The fourth-order valence-corrected chi connectivity index (χ4v) is 3.97. The van der Waals surface area contributed by atoms with Crippen molar-refractivity contribution in [3.8, 4) is 5.88 Å². The van der Waals surface area contributed by atoms with Crippen LogP contribution in [-0.4, -0.2) is 61.9 Å². The maximum atomic E-state index is 12.6. The molecule has 1 N–H and O–H groups in total. The number of carbonyl (C=O) groups is 1. The molecule has 3 heterocycles. The third-order valence-corrected chi connectivity index (χ3v) is 4.90. The summed E-state index contributed by atoms with van der Waals surface area (Å²) in [6.45, 7) is 1.97. The van der Waals surface area contributed by atoms with Crippen LogP contribution in [0.4, 0.5) is 0 Å². The van der Waals surface area contributed by atoms with Crippen LogP contribution < -0.4 is 4.74 Å². The first-order valence-electron chi connectivity index (χ1n) is 6.80. The SMILES string of the molecule is CCOC(=O)C1(n2cnc3c(OC)ncnc32)CSCC1O. The summed E-state index contributed by atoms with van der Waals surface area (Å²) in [5.74, 6) is 0.679. The molecule has 3 rings (SSSR count). The van der Waals surface area contributed by atoms with Crippen molar-refractivity contribution in [3.05, 3.63) is 12.7 Å². The second-order valence-corrected chi connectivity index (χ2v) is 5.88. The number of hydrogen-bond donors (Lipinski definition) is 1. The van der Waals surface area contributed by atoms with Gasteiger partial charge in [-0.3, -0.25) is 4.57 Å². The minimum absolute atomic E-state index is 0.239. The van der Waals surface area contributed by atoms with Gasteiger partial charge in [-0.2, -0.15) is 16.7 Å². The molecule has 22 heavy (non-hydrogen) atoms. The Hall–Kier alpha value is -1.87. The highest BCUT2D eigenvalue weighted by atomic mass is 32.2. The Balaban J connectivity index is 2.19. The molecule has 1 fully saturated rings. The Kier molecular flexibility index (Phi) is 3.92. The van der Waals surface area contributed by atoms with E-state index in [9.17, 15) is 9.90 Å². The fourth-order valence-electron chi connectivity index (χ4n) is 2.59. The number of methoxy groups -OCH3 is 1. The van der Waals surface area contributed by atoms with E-state index in [-0.39, 0.29) is 6.61 Å². The predicted octanol–water partition coefficient (Wildman–Crippen LogP) is 0.201. The summed E-state index contributed by atoms with van der Waals surface area (Å²) in [7, 11) is 1.49. The van der Waals surface area contributed by atoms with Gasteiger partial charge in [0.15, 0.2) is 16.7 Å². The Morgan fingerprint density at radius 2 is 2.36 bits per heavy atom. The summed E-state index contributed by atoms with van der Waals surface area (Å²) in [6, 6.07) is 0. The zero-order valence-corrected chi connectivity index (χ0v) is 13.0. The number of ether oxygens (including phenoxy) is 2. The number of rotatable bonds is 4. The molecule has 0 amide bonds. The average Bonchev–Trinajstić information content (AvgIpc) is 3.11. The van der Waals surface area contributed by atoms with Crippen molar-refractivity contribution in [1.29, 1.82) is 0 Å². The molecular weight excluding hydrogens is 308 g/mol. The maximum Gasteiger partial charge on any atom is 0.336 e. The van der Waals surface area contributed by atoms with E-state index in [4.69, 9.17) is 9.47 Å². The Morgan fingerprint density at radius 1 is 1.55 bits per heavy atom. The zero-order chi connectivity index (χ0) is 15.7. The lowest BCUT2D eigenvalue weighted by molar-refractivity contribution is -0.157. The monoisotopic (exact) mass is 324 g/mol. The standard InChI is InChI=1S/C13H16N4O4S/c1-3-21-12(19)13(5-22-4-8(13)18)17-7-16-9-10(17)14-6-15-11(9)20-2/h6-8,18H,3-5H2,1-2H3. The molecule has 0 saturated carbocycles. The number of nitrogens with zero attached hydrogens (tertiary/aromatic N) is 4. The maximum absolute atomic E-state index is 12.6. The summed E-state index contributed by atoms with van der Waals surface area (Å²) < 4.78 is 11.9. The minimum atomic E-state index is -1.23. The van der Waals surface area contributed by atoms with E-state index >= 15 is 0 Å². The number of aliphatic hydroxyl groups is 1. The largest absolute Gasteiger partial charge is 0.479 e. The normalized spacial score (nSPS) is 24.6. The van der Waals surface area contributed by atoms with Gasteiger partial charge in [-0.15, -0.1) is 0 Å². The van der Waals surface area contributed by atoms with Crippen molar-refractivity contribution in [2.24, 2.45) is 0 Å². The number of aromatic nitrogens is 4. The molecular formula is C13H16N4O4S. The van der Waals surface area contributed by atoms with Gasteiger partial charge in [0.1, 0.15) is 6.33 Å². The molecule has 0 spiro atoms. The minimum Gasteiger partial charge on any atom is -0.479 e. The Labute approximate surface area is 130 Å². The van der Waals surface area contributed by atoms with Gasteiger partial charge in [-0.05, 0) is 6.92 Å². The number of fused-ring (bicyclic) bond motifs is 1. The van der Waals surface area contributed by atoms with Gasteiger partial charge in [0.25, 0.3) is 0 Å². The van der Waals surface area contributed by atoms with Crippen LogP contribution in [0.3, 0.4) is 0 Å². The van der Waals surface area contributed by atoms with E-state index in [0.29, 0.717) is 28.5 Å². The van der Waals surface area contributed by atoms with Crippen LogP contribution in [0, 0.1) is 0 Å². The molecule has 1 aliphatic heterocycles. The van der Waals surface area contributed by atoms with Crippen molar-refractivity contribution in [1.82, 2.24) is 19.5 Å². The quantitative estimate of drug-likeness (QED) is 0.796. The van der Waals surface area contributed by atoms with E-state index in [0.717, 1.165) is 0 Å². The van der Waals surface area contributed by atoms with E-state index < -0.39 is 17.6 Å². The summed E-state index contributed by atoms with van der Waals surface area (Å²) >= 11 is 1.49. The van der Waals surface area contributed by atoms with E-state index in [2.05, 4.69) is 15.0 Å². The molecule has 2 unspecified atom stereocenters. The first-order chi connectivity index (χ1) is 10.6. The molecule has 8 nitrogen and oxygen atoms in total. The third-order valence-electron chi connectivity index (χ3n) is 3.70. The van der Waals surface area contributed by atoms with Gasteiger partial charge in [-0.25, -0.2) is 14.8 Å². The first kappa shape index (κ1) is 15.0. The van der Waals surface area contributed by atoms with E-state index in [1.807, 2.05) is 0 Å². The molecule has 118 valence electrons. The van der Waals surface area contributed by atoms with Crippen LogP contribution >= 0.6 is 11.8 Å². The number of esters is 1. The second kappa shape index (κ2) is 5.73. The zero-order valence-electron chi connectivity index (χ0n) is 12.2. The fraction of sp³-hybridized carbons (Fsp3) is 0.538. The molecule has 9 heteroatoms. The van der Waals surface area contributed by atoms with Crippen LogP contribution in [0.2, 0.25) is 0 Å². The lowest BCUT2D eigenvalue weighted by Crippen LogP contribution is -2.51. The number of imidazole rings is 1. The van der Waals surface area contributed by atoms with Gasteiger partial charge in [0.05, 0.1) is 26.1 Å². The Bertz CT molecular complexity index is 706. The molecule has 2 atom stereocenters. The second-order valence-electron chi connectivity index (χ2n) is 4.85. The highest BCUT2D eigenvalue weighted by Gasteiger charge is 2.53. The van der Waals surface area contributed by atoms with Gasteiger partial charge in [0, 0.05) is 11.5 Å². The van der Waals surface area contributed by atoms with E-state index in [1.165, 1.54) is 31.5 Å². The summed E-state index contributed by atoms with van der Waals surface area (Å²) in [6.07, 6.45) is 1.94. The van der Waals surface area contributed by atoms with Crippen LogP contribution in [0.5, 0.6) is 5.88 Å². The van der Waals surface area contributed by atoms with Crippen LogP contribution in [0.15, 0.2) is 12.7 Å². The highest BCUT2D eigenvalue weighted by molar-refractivity contribution is 7.99. The number of carbonyl (C=O) groups excluding carboxylic acids is 1. The molecule has 1 saturated heterocycles. The smallest absolute Gasteiger partial charge is 0.336 e. The van der Waals surface area contributed by atoms with Crippen molar-refractivity contribution >= 4 is 28.9 Å². The number of hydrogen-bond acceptors (Lipinski definition) is 8. The predicted molar refractivity (Wildman–Crippen MR) is 79.8 cm³/mol. The molecule has 0 radical (unpaired) electrons. The molecule has 2 aromatic heterocycles.